The van der Waals surface area contributed by atoms with Crippen LogP contribution in [0.4, 0.5) is 5.69 Å². The van der Waals surface area contributed by atoms with Crippen molar-refractivity contribution >= 4 is 46.4 Å². The summed E-state index contributed by atoms with van der Waals surface area (Å²) in [6, 6.07) is 8.34. The van der Waals surface area contributed by atoms with E-state index in [4.69, 9.17) is 34.8 Å². The summed E-state index contributed by atoms with van der Waals surface area (Å²) in [5.41, 5.74) is 1.56. The molecule has 3 nitrogen and oxygen atoms in total. The number of hydrogen-bond acceptors (Lipinski definition) is 2. The topological polar surface area (TPSA) is 42.0 Å². The van der Waals surface area contributed by atoms with Crippen molar-refractivity contribution in [2.24, 2.45) is 0 Å². The molecule has 0 saturated heterocycles. The van der Waals surface area contributed by atoms with Gasteiger partial charge in [-0.1, -0.05) is 40.9 Å². The van der Waals surface area contributed by atoms with Crippen molar-refractivity contribution in [3.8, 4) is 0 Å². The van der Waals surface area contributed by atoms with Crippen LogP contribution in [0.15, 0.2) is 30.3 Å². The molecule has 0 fully saturated rings. The van der Waals surface area contributed by atoms with Gasteiger partial charge in [0, 0.05) is 0 Å². The molecule has 2 aromatic rings. The molecule has 0 saturated carbocycles. The van der Waals surface area contributed by atoms with E-state index in [0.29, 0.717) is 10.7 Å². The highest BCUT2D eigenvalue weighted by Crippen LogP contribution is 2.24. The average Bonchev–Trinajstić information content (AvgIpc) is 2.35. The summed E-state index contributed by atoms with van der Waals surface area (Å²) in [7, 11) is 0. The summed E-state index contributed by atoms with van der Waals surface area (Å²) in [6.07, 6.45) is 0. The van der Waals surface area contributed by atoms with Crippen molar-refractivity contribution in [1.29, 1.82) is 0 Å². The molecule has 0 unspecified atom stereocenters. The first-order valence-electron chi connectivity index (χ1n) is 5.37. The van der Waals surface area contributed by atoms with Gasteiger partial charge in [-0.25, -0.2) is 4.98 Å². The van der Waals surface area contributed by atoms with E-state index in [0.717, 1.165) is 5.56 Å². The molecular weight excluding hydrogens is 307 g/mol. The molecule has 6 heteroatoms. The smallest absolute Gasteiger partial charge is 0.275 e. The summed E-state index contributed by atoms with van der Waals surface area (Å²) in [4.78, 5) is 15.9. The average molecular weight is 316 g/mol. The van der Waals surface area contributed by atoms with Gasteiger partial charge in [-0.15, -0.1) is 0 Å². The predicted octanol–water partition coefficient (Wildman–Crippen LogP) is 4.60. The third kappa shape index (κ3) is 3.38. The second-order valence-electron chi connectivity index (χ2n) is 3.90. The normalized spacial score (nSPS) is 10.3. The van der Waals surface area contributed by atoms with Gasteiger partial charge in [0.1, 0.15) is 10.8 Å². The van der Waals surface area contributed by atoms with E-state index in [1.807, 2.05) is 13.0 Å². The van der Waals surface area contributed by atoms with Gasteiger partial charge in [-0.2, -0.15) is 0 Å². The Morgan fingerprint density at radius 2 is 1.84 bits per heavy atom. The van der Waals surface area contributed by atoms with Crippen molar-refractivity contribution in [2.45, 2.75) is 6.92 Å². The highest BCUT2D eigenvalue weighted by Gasteiger charge is 2.14. The molecule has 0 radical (unpaired) electrons. The monoisotopic (exact) mass is 314 g/mol. The van der Waals surface area contributed by atoms with Gasteiger partial charge in [0.15, 0.2) is 0 Å². The van der Waals surface area contributed by atoms with Gasteiger partial charge in [0.25, 0.3) is 5.91 Å². The molecule has 1 aromatic heterocycles. The molecule has 0 atom stereocenters. The number of halogens is 3. The van der Waals surface area contributed by atoms with Crippen LogP contribution >= 0.6 is 34.8 Å². The minimum atomic E-state index is -0.460. The molecule has 1 heterocycles. The van der Waals surface area contributed by atoms with Crippen LogP contribution in [0, 0.1) is 6.92 Å². The van der Waals surface area contributed by atoms with E-state index in [1.165, 1.54) is 12.1 Å². The molecule has 0 aliphatic carbocycles. The summed E-state index contributed by atoms with van der Waals surface area (Å²) < 4.78 is 0. The van der Waals surface area contributed by atoms with Gasteiger partial charge in [0.05, 0.1) is 15.7 Å². The maximum atomic E-state index is 12.0. The molecule has 0 aliphatic heterocycles. The lowest BCUT2D eigenvalue weighted by Crippen LogP contribution is -2.14. The van der Waals surface area contributed by atoms with Gasteiger partial charge >= 0.3 is 0 Å². The maximum Gasteiger partial charge on any atom is 0.275 e. The fraction of sp³-hybridized carbons (Fsp3) is 0.0769. The molecule has 1 amide bonds. The second kappa shape index (κ2) is 5.78. The summed E-state index contributed by atoms with van der Waals surface area (Å²) in [5.74, 6) is -0.460. The van der Waals surface area contributed by atoms with Crippen molar-refractivity contribution in [2.75, 3.05) is 5.32 Å². The zero-order valence-electron chi connectivity index (χ0n) is 9.88. The Kier molecular flexibility index (Phi) is 4.30. The van der Waals surface area contributed by atoms with E-state index >= 15 is 0 Å². The number of nitrogens with one attached hydrogen (secondary N) is 1. The van der Waals surface area contributed by atoms with Crippen LogP contribution in [-0.2, 0) is 0 Å². The lowest BCUT2D eigenvalue weighted by atomic mass is 10.2. The lowest BCUT2D eigenvalue weighted by molar-refractivity contribution is 0.102. The number of benzene rings is 1. The zero-order valence-corrected chi connectivity index (χ0v) is 12.1. The predicted molar refractivity (Wildman–Crippen MR) is 78.4 cm³/mol. The summed E-state index contributed by atoms with van der Waals surface area (Å²) in [6.45, 7) is 1.91. The highest BCUT2D eigenvalue weighted by molar-refractivity contribution is 6.36. The van der Waals surface area contributed by atoms with Crippen LogP contribution in [0.2, 0.25) is 15.2 Å². The third-order valence-corrected chi connectivity index (χ3v) is 3.23. The summed E-state index contributed by atoms with van der Waals surface area (Å²) in [5, 5.41) is 3.52. The second-order valence-corrected chi connectivity index (χ2v) is 5.10. The van der Waals surface area contributed by atoms with E-state index < -0.39 is 5.91 Å². The SMILES string of the molecule is Cc1ccc(NC(=O)c2nc(Cl)ccc2Cl)c(Cl)c1. The minimum Gasteiger partial charge on any atom is -0.319 e. The van der Waals surface area contributed by atoms with Gasteiger partial charge < -0.3 is 5.32 Å². The Morgan fingerprint density at radius 1 is 1.11 bits per heavy atom. The van der Waals surface area contributed by atoms with Crippen molar-refractivity contribution in [3.63, 3.8) is 0 Å². The number of carbonyl (C=O) groups is 1. The third-order valence-electron chi connectivity index (χ3n) is 2.40. The molecule has 1 N–H and O–H groups in total. The highest BCUT2D eigenvalue weighted by atomic mass is 35.5. The quantitative estimate of drug-likeness (QED) is 0.823. The molecule has 98 valence electrons. The largest absolute Gasteiger partial charge is 0.319 e. The first-order chi connectivity index (χ1) is 8.97. The van der Waals surface area contributed by atoms with Crippen LogP contribution in [0.5, 0.6) is 0 Å². The Balaban J connectivity index is 2.28. The maximum absolute atomic E-state index is 12.0. The number of amides is 1. The molecule has 1 aromatic carbocycles. The van der Waals surface area contributed by atoms with Gasteiger partial charge in [-0.3, -0.25) is 4.79 Å². The number of carbonyl (C=O) groups excluding carboxylic acids is 1. The van der Waals surface area contributed by atoms with Crippen LogP contribution in [0.3, 0.4) is 0 Å². The number of aromatic nitrogens is 1. The van der Waals surface area contributed by atoms with Crippen molar-refractivity contribution in [1.82, 2.24) is 4.98 Å². The number of hydrogen-bond donors (Lipinski definition) is 1. The zero-order chi connectivity index (χ0) is 14.0. The van der Waals surface area contributed by atoms with Crippen molar-refractivity contribution < 1.29 is 4.79 Å². The van der Waals surface area contributed by atoms with E-state index in [2.05, 4.69) is 10.3 Å². The number of pyridine rings is 1. The Labute approximate surface area is 125 Å². The first kappa shape index (κ1) is 14.1. The standard InChI is InChI=1S/C13H9Cl3N2O/c1-7-2-4-10(9(15)6-7)17-13(19)12-8(14)3-5-11(16)18-12/h2-6H,1H3,(H,17,19). The molecule has 0 aliphatic rings. The molecule has 19 heavy (non-hydrogen) atoms. The number of nitrogens with zero attached hydrogens (tertiary/aromatic N) is 1. The van der Waals surface area contributed by atoms with Gasteiger partial charge in [0.2, 0.25) is 0 Å². The minimum absolute atomic E-state index is 0.0609. The van der Waals surface area contributed by atoms with Gasteiger partial charge in [-0.05, 0) is 36.8 Å². The van der Waals surface area contributed by atoms with Crippen LogP contribution in [0.1, 0.15) is 16.1 Å². The van der Waals surface area contributed by atoms with E-state index in [9.17, 15) is 4.79 Å². The number of aryl methyl sites for hydroxylation is 1. The van der Waals surface area contributed by atoms with Crippen LogP contribution in [0.25, 0.3) is 0 Å². The fourth-order valence-corrected chi connectivity index (χ4v) is 2.10. The first-order valence-corrected chi connectivity index (χ1v) is 6.50. The molecular formula is C13H9Cl3N2O. The summed E-state index contributed by atoms with van der Waals surface area (Å²) >= 11 is 17.7. The lowest BCUT2D eigenvalue weighted by Gasteiger charge is -2.08. The Hall–Kier alpha value is -1.29. The molecule has 0 bridgehead atoms. The van der Waals surface area contributed by atoms with Crippen LogP contribution in [-0.4, -0.2) is 10.9 Å². The number of rotatable bonds is 2. The Morgan fingerprint density at radius 3 is 2.53 bits per heavy atom. The molecule has 0 spiro atoms. The van der Waals surface area contributed by atoms with Crippen LogP contribution < -0.4 is 5.32 Å². The fourth-order valence-electron chi connectivity index (χ4n) is 1.48. The Bertz CT molecular complexity index is 644. The van der Waals surface area contributed by atoms with Crippen molar-refractivity contribution in [3.05, 3.63) is 56.8 Å². The molecule has 2 rings (SSSR count). The number of anilines is 1. The van der Waals surface area contributed by atoms with E-state index in [-0.39, 0.29) is 15.9 Å². The van der Waals surface area contributed by atoms with E-state index in [1.54, 1.807) is 12.1 Å².